The van der Waals surface area contributed by atoms with Gasteiger partial charge in [0.05, 0.1) is 24.2 Å². The van der Waals surface area contributed by atoms with Gasteiger partial charge in [-0.1, -0.05) is 0 Å². The van der Waals surface area contributed by atoms with E-state index in [9.17, 15) is 18.0 Å². The zero-order valence-corrected chi connectivity index (χ0v) is 15.5. The van der Waals surface area contributed by atoms with Crippen LogP contribution in [-0.4, -0.2) is 64.0 Å². The van der Waals surface area contributed by atoms with Crippen molar-refractivity contribution in [2.24, 2.45) is 0 Å². The van der Waals surface area contributed by atoms with Crippen molar-refractivity contribution in [1.29, 1.82) is 0 Å². The molecule has 2 saturated heterocycles. The molecule has 1 aromatic rings. The van der Waals surface area contributed by atoms with Crippen molar-refractivity contribution in [2.45, 2.75) is 30.7 Å². The van der Waals surface area contributed by atoms with Gasteiger partial charge in [-0.05, 0) is 37.6 Å². The summed E-state index contributed by atoms with van der Waals surface area (Å²) >= 11 is 0. The number of anilines is 1. The van der Waals surface area contributed by atoms with Gasteiger partial charge in [-0.3, -0.25) is 9.59 Å². The molecule has 0 aromatic heterocycles. The van der Waals surface area contributed by atoms with E-state index in [0.717, 1.165) is 6.42 Å². The molecule has 0 saturated carbocycles. The Balaban J connectivity index is 1.67. The second-order valence-corrected chi connectivity index (χ2v) is 8.14. The summed E-state index contributed by atoms with van der Waals surface area (Å²) in [5.41, 5.74) is 0.684. The molecule has 0 bridgehead atoms. The zero-order valence-electron chi connectivity index (χ0n) is 14.7. The van der Waals surface area contributed by atoms with Crippen LogP contribution in [0.2, 0.25) is 0 Å². The summed E-state index contributed by atoms with van der Waals surface area (Å²) in [7, 11) is -3.83. The molecule has 0 aliphatic carbocycles. The summed E-state index contributed by atoms with van der Waals surface area (Å²) in [6.07, 6.45) is 1.32. The van der Waals surface area contributed by atoms with Crippen LogP contribution in [0.4, 0.5) is 5.69 Å². The Bertz CT molecular complexity index is 772. The molecule has 1 atom stereocenters. The van der Waals surface area contributed by atoms with Crippen LogP contribution < -0.4 is 9.62 Å². The van der Waals surface area contributed by atoms with Gasteiger partial charge in [-0.25, -0.2) is 8.42 Å². The van der Waals surface area contributed by atoms with Crippen LogP contribution in [0.5, 0.6) is 0 Å². The van der Waals surface area contributed by atoms with E-state index in [2.05, 4.69) is 4.72 Å². The van der Waals surface area contributed by atoms with Crippen LogP contribution in [0, 0.1) is 0 Å². The molecule has 2 fully saturated rings. The Labute approximate surface area is 153 Å². The maximum Gasteiger partial charge on any atom is 0.241 e. The fraction of sp³-hybridized carbons (Fsp3) is 0.529. The summed E-state index contributed by atoms with van der Waals surface area (Å²) in [6, 6.07) is 5.28. The van der Waals surface area contributed by atoms with Gasteiger partial charge < -0.3 is 14.5 Å². The number of nitrogens with one attached hydrogen (secondary N) is 1. The Hall–Kier alpha value is -1.97. The van der Waals surface area contributed by atoms with Crippen LogP contribution in [0.3, 0.4) is 0 Å². The number of ether oxygens (including phenoxy) is 1. The molecule has 26 heavy (non-hydrogen) atoms. The van der Waals surface area contributed by atoms with Crippen LogP contribution in [0.1, 0.15) is 19.8 Å². The molecular formula is C17H23N3O5S. The van der Waals surface area contributed by atoms with E-state index in [1.54, 1.807) is 21.9 Å². The van der Waals surface area contributed by atoms with Gasteiger partial charge in [-0.15, -0.1) is 0 Å². The first-order chi connectivity index (χ1) is 12.4. The van der Waals surface area contributed by atoms with Crippen molar-refractivity contribution in [3.05, 3.63) is 24.3 Å². The minimum Gasteiger partial charge on any atom is -0.378 e. The molecular weight excluding hydrogens is 358 g/mol. The number of morpholine rings is 1. The van der Waals surface area contributed by atoms with Crippen molar-refractivity contribution < 1.29 is 22.7 Å². The molecule has 0 unspecified atom stereocenters. The Morgan fingerprint density at radius 1 is 1.15 bits per heavy atom. The van der Waals surface area contributed by atoms with Crippen LogP contribution in [0.25, 0.3) is 0 Å². The first kappa shape index (κ1) is 18.8. The average molecular weight is 381 g/mol. The van der Waals surface area contributed by atoms with E-state index >= 15 is 0 Å². The lowest BCUT2D eigenvalue weighted by atomic mass is 10.3. The Kier molecular flexibility index (Phi) is 5.59. The predicted octanol–water partition coefficient (Wildman–Crippen LogP) is 0.339. The van der Waals surface area contributed by atoms with Gasteiger partial charge in [0.15, 0.2) is 0 Å². The highest BCUT2D eigenvalue weighted by Crippen LogP contribution is 2.23. The fourth-order valence-corrected chi connectivity index (χ4v) is 4.33. The second-order valence-electron chi connectivity index (χ2n) is 6.42. The summed E-state index contributed by atoms with van der Waals surface area (Å²) < 4.78 is 32.7. The minimum atomic E-state index is -3.83. The lowest BCUT2D eigenvalue weighted by molar-refractivity contribution is -0.136. The van der Waals surface area contributed by atoms with Crippen LogP contribution in [-0.2, 0) is 24.3 Å². The second kappa shape index (κ2) is 7.73. The molecule has 8 nitrogen and oxygen atoms in total. The summed E-state index contributed by atoms with van der Waals surface area (Å²) in [5, 5.41) is 0. The highest BCUT2D eigenvalue weighted by molar-refractivity contribution is 7.89. The number of sulfonamides is 1. The number of carbonyl (C=O) groups excluding carboxylic acids is 2. The van der Waals surface area contributed by atoms with E-state index < -0.39 is 16.1 Å². The van der Waals surface area contributed by atoms with Gasteiger partial charge in [0, 0.05) is 31.7 Å². The molecule has 2 aliphatic rings. The SMILES string of the molecule is C[C@H](NS(=O)(=O)c1ccc(N2CCCC2=O)cc1)C(=O)N1CCOCC1. The third kappa shape index (κ3) is 4.05. The van der Waals surface area contributed by atoms with Crippen molar-refractivity contribution in [1.82, 2.24) is 9.62 Å². The first-order valence-electron chi connectivity index (χ1n) is 8.68. The van der Waals surface area contributed by atoms with E-state index in [1.165, 1.54) is 19.1 Å². The van der Waals surface area contributed by atoms with E-state index in [0.29, 0.717) is 45.0 Å². The zero-order chi connectivity index (χ0) is 18.7. The number of benzene rings is 1. The highest BCUT2D eigenvalue weighted by atomic mass is 32.2. The number of hydrogen-bond donors (Lipinski definition) is 1. The van der Waals surface area contributed by atoms with Gasteiger partial charge >= 0.3 is 0 Å². The van der Waals surface area contributed by atoms with Gasteiger partial charge in [0.1, 0.15) is 0 Å². The monoisotopic (exact) mass is 381 g/mol. The molecule has 2 amide bonds. The van der Waals surface area contributed by atoms with Gasteiger partial charge in [0.25, 0.3) is 0 Å². The lowest BCUT2D eigenvalue weighted by Crippen LogP contribution is -2.50. The quantitative estimate of drug-likeness (QED) is 0.793. The maximum atomic E-state index is 12.5. The predicted molar refractivity (Wildman–Crippen MR) is 95.2 cm³/mol. The van der Waals surface area contributed by atoms with Gasteiger partial charge in [-0.2, -0.15) is 4.72 Å². The van der Waals surface area contributed by atoms with Gasteiger partial charge in [0.2, 0.25) is 21.8 Å². The van der Waals surface area contributed by atoms with E-state index in [4.69, 9.17) is 4.74 Å². The molecule has 1 aromatic carbocycles. The van der Waals surface area contributed by atoms with Crippen molar-refractivity contribution in [3.63, 3.8) is 0 Å². The topological polar surface area (TPSA) is 96.0 Å². The molecule has 2 aliphatic heterocycles. The summed E-state index contributed by atoms with van der Waals surface area (Å²) in [4.78, 5) is 27.4. The molecule has 0 radical (unpaired) electrons. The maximum absolute atomic E-state index is 12.5. The molecule has 1 N–H and O–H groups in total. The Morgan fingerprint density at radius 3 is 2.38 bits per heavy atom. The molecule has 2 heterocycles. The van der Waals surface area contributed by atoms with Crippen molar-refractivity contribution in [3.8, 4) is 0 Å². The number of nitrogens with zero attached hydrogens (tertiary/aromatic N) is 2. The summed E-state index contributed by atoms with van der Waals surface area (Å²) in [5.74, 6) is -0.223. The van der Waals surface area contributed by atoms with Crippen molar-refractivity contribution in [2.75, 3.05) is 37.7 Å². The third-order valence-electron chi connectivity index (χ3n) is 4.56. The fourth-order valence-electron chi connectivity index (χ4n) is 3.14. The Morgan fingerprint density at radius 2 is 1.81 bits per heavy atom. The standard InChI is InChI=1S/C17H23N3O5S/c1-13(17(22)19-9-11-25-12-10-19)18-26(23,24)15-6-4-14(5-7-15)20-8-2-3-16(20)21/h4-7,13,18H,2-3,8-12H2,1H3/t13-/m0/s1. The number of carbonyl (C=O) groups is 2. The van der Waals surface area contributed by atoms with Crippen LogP contribution >= 0.6 is 0 Å². The normalized spacial score (nSPS) is 19.7. The lowest BCUT2D eigenvalue weighted by Gasteiger charge is -2.29. The molecule has 0 spiro atoms. The van der Waals surface area contributed by atoms with Crippen molar-refractivity contribution >= 4 is 27.5 Å². The number of amides is 2. The average Bonchev–Trinajstić information content (AvgIpc) is 3.07. The van der Waals surface area contributed by atoms with E-state index in [-0.39, 0.29) is 16.7 Å². The van der Waals surface area contributed by atoms with Crippen LogP contribution in [0.15, 0.2) is 29.2 Å². The number of rotatable bonds is 5. The van der Waals surface area contributed by atoms with E-state index in [1.807, 2.05) is 0 Å². The first-order valence-corrected chi connectivity index (χ1v) is 10.2. The molecule has 9 heteroatoms. The molecule has 142 valence electrons. The highest BCUT2D eigenvalue weighted by Gasteiger charge is 2.27. The third-order valence-corrected chi connectivity index (χ3v) is 6.11. The smallest absolute Gasteiger partial charge is 0.241 e. The number of hydrogen-bond acceptors (Lipinski definition) is 5. The largest absolute Gasteiger partial charge is 0.378 e. The summed E-state index contributed by atoms with van der Waals surface area (Å²) in [6.45, 7) is 4.03. The molecule has 3 rings (SSSR count). The minimum absolute atomic E-state index is 0.0449.